The van der Waals surface area contributed by atoms with Crippen LogP contribution in [0.1, 0.15) is 0 Å². The van der Waals surface area contributed by atoms with Gasteiger partial charge in [-0.2, -0.15) is 0 Å². The largest absolute Gasteiger partial charge is 0.344 e. The molecule has 1 atom stereocenters. The van der Waals surface area contributed by atoms with Gasteiger partial charge in [0.2, 0.25) is 7.37 Å². The Hall–Kier alpha value is 0.0800. The zero-order valence-corrected chi connectivity index (χ0v) is 7.54. The first kappa shape index (κ1) is 11.1. The molecule has 0 fully saturated rings. The Labute approximate surface area is 64.4 Å². The Morgan fingerprint density at radius 1 is 1.27 bits per heavy atom. The zero-order valence-electron chi connectivity index (χ0n) is 5.75. The highest BCUT2D eigenvalue weighted by Crippen LogP contribution is 2.54. The van der Waals surface area contributed by atoms with Crippen molar-refractivity contribution in [3.8, 4) is 0 Å². The summed E-state index contributed by atoms with van der Waals surface area (Å²) in [5.41, 5.74) is 0. The second kappa shape index (κ2) is 3.65. The fraction of sp³-hybridized carbons (Fsp3) is 0.500. The monoisotopic (exact) mass is 200 g/mol. The van der Waals surface area contributed by atoms with E-state index in [1.54, 1.807) is 0 Å². The van der Waals surface area contributed by atoms with Gasteiger partial charge >= 0.3 is 7.60 Å². The Kier molecular flexibility index (Phi) is 3.68. The molecule has 0 aromatic carbocycles. The highest BCUT2D eigenvalue weighted by Gasteiger charge is 2.27. The van der Waals surface area contributed by atoms with Crippen molar-refractivity contribution in [2.75, 3.05) is 12.1 Å². The van der Waals surface area contributed by atoms with Crippen LogP contribution in [0.2, 0.25) is 0 Å². The summed E-state index contributed by atoms with van der Waals surface area (Å²) in [5, 5.41) is 0. The molecule has 0 aromatic heterocycles. The number of allylic oxidation sites excluding steroid dienone is 1. The van der Waals surface area contributed by atoms with Crippen molar-refractivity contribution in [3.05, 3.63) is 12.7 Å². The minimum Gasteiger partial charge on any atom is -0.344 e. The smallest absolute Gasteiger partial charge is 0.335 e. The van der Waals surface area contributed by atoms with E-state index in [0.717, 1.165) is 6.08 Å². The molecule has 0 saturated carbocycles. The highest BCUT2D eigenvalue weighted by atomic mass is 31.2. The van der Waals surface area contributed by atoms with Crippen LogP contribution in [0.4, 0.5) is 0 Å². The van der Waals surface area contributed by atoms with Crippen molar-refractivity contribution in [2.45, 2.75) is 0 Å². The Bertz CT molecular complexity index is 229. The molecule has 0 amide bonds. The molecule has 3 N–H and O–H groups in total. The van der Waals surface area contributed by atoms with E-state index < -0.39 is 20.9 Å². The molecule has 0 aromatic rings. The quantitative estimate of drug-likeness (QED) is 0.455. The molecule has 0 aliphatic carbocycles. The van der Waals surface area contributed by atoms with Crippen LogP contribution in [-0.2, 0) is 9.13 Å². The first-order valence-corrected chi connectivity index (χ1v) is 6.56. The standard InChI is InChI=1S/C4H10O5P2/c1-2-3-10(5,6)4-11(7,8)9/h2H,1,3-4H2,(H,5,6)(H2,7,8,9). The van der Waals surface area contributed by atoms with Crippen LogP contribution in [0.3, 0.4) is 0 Å². The SMILES string of the molecule is C=CCP(=O)(O)CP(=O)(O)O. The van der Waals surface area contributed by atoms with E-state index in [-0.39, 0.29) is 6.16 Å². The average Bonchev–Trinajstić information content (AvgIpc) is 1.55. The van der Waals surface area contributed by atoms with Crippen LogP contribution in [-0.4, -0.2) is 26.7 Å². The third kappa shape index (κ3) is 6.48. The predicted octanol–water partition coefficient (Wildman–Crippen LogP) is 0.578. The molecule has 11 heavy (non-hydrogen) atoms. The van der Waals surface area contributed by atoms with E-state index in [1.165, 1.54) is 0 Å². The van der Waals surface area contributed by atoms with Crippen LogP contribution >= 0.6 is 15.0 Å². The van der Waals surface area contributed by atoms with Gasteiger partial charge in [0.25, 0.3) is 0 Å². The van der Waals surface area contributed by atoms with Gasteiger partial charge < -0.3 is 14.7 Å². The Morgan fingerprint density at radius 3 is 2.00 bits per heavy atom. The summed E-state index contributed by atoms with van der Waals surface area (Å²) >= 11 is 0. The van der Waals surface area contributed by atoms with Gasteiger partial charge in [-0.05, 0) is 0 Å². The third-order valence-corrected chi connectivity index (χ3v) is 4.89. The summed E-state index contributed by atoms with van der Waals surface area (Å²) in [6.07, 6.45) is 0.897. The molecule has 0 bridgehead atoms. The van der Waals surface area contributed by atoms with E-state index in [9.17, 15) is 9.13 Å². The molecule has 66 valence electrons. The summed E-state index contributed by atoms with van der Waals surface area (Å²) in [4.78, 5) is 25.5. The molecular weight excluding hydrogens is 190 g/mol. The summed E-state index contributed by atoms with van der Waals surface area (Å²) in [7, 11) is -8.07. The molecule has 1 unspecified atom stereocenters. The summed E-state index contributed by atoms with van der Waals surface area (Å²) in [6, 6.07) is 0. The Morgan fingerprint density at radius 2 is 1.73 bits per heavy atom. The van der Waals surface area contributed by atoms with Crippen molar-refractivity contribution in [1.82, 2.24) is 0 Å². The second-order valence-electron chi connectivity index (χ2n) is 2.12. The lowest BCUT2D eigenvalue weighted by Crippen LogP contribution is -1.92. The average molecular weight is 200 g/mol. The Balaban J connectivity index is 4.25. The molecule has 0 aliphatic heterocycles. The van der Waals surface area contributed by atoms with Gasteiger partial charge in [-0.3, -0.25) is 9.13 Å². The van der Waals surface area contributed by atoms with Gasteiger partial charge in [0.15, 0.2) is 0 Å². The van der Waals surface area contributed by atoms with Gasteiger partial charge in [0, 0.05) is 6.16 Å². The minimum atomic E-state index is -4.38. The van der Waals surface area contributed by atoms with Gasteiger partial charge in [-0.25, -0.2) is 0 Å². The van der Waals surface area contributed by atoms with Crippen LogP contribution in [0.5, 0.6) is 0 Å². The third-order valence-electron chi connectivity index (χ3n) is 0.820. The van der Waals surface area contributed by atoms with Crippen molar-refractivity contribution in [2.24, 2.45) is 0 Å². The lowest BCUT2D eigenvalue weighted by Gasteiger charge is -2.09. The predicted molar refractivity (Wildman–Crippen MR) is 41.8 cm³/mol. The first-order valence-electron chi connectivity index (χ1n) is 2.73. The molecule has 0 spiro atoms. The van der Waals surface area contributed by atoms with E-state index in [2.05, 4.69) is 6.58 Å². The van der Waals surface area contributed by atoms with Crippen molar-refractivity contribution >= 4 is 15.0 Å². The van der Waals surface area contributed by atoms with E-state index in [0.29, 0.717) is 0 Å². The van der Waals surface area contributed by atoms with E-state index in [1.807, 2.05) is 0 Å². The summed E-state index contributed by atoms with van der Waals surface area (Å²) in [5.74, 6) is -0.966. The molecule has 5 nitrogen and oxygen atoms in total. The maximum absolute atomic E-state index is 10.8. The summed E-state index contributed by atoms with van der Waals surface area (Å²) < 4.78 is 21.1. The lowest BCUT2D eigenvalue weighted by atomic mass is 10.8. The minimum absolute atomic E-state index is 0.266. The van der Waals surface area contributed by atoms with Gasteiger partial charge in [-0.15, -0.1) is 6.58 Å². The molecule has 0 rings (SSSR count). The van der Waals surface area contributed by atoms with Crippen LogP contribution in [0, 0.1) is 0 Å². The fourth-order valence-electron chi connectivity index (χ4n) is 0.547. The number of hydrogen-bond acceptors (Lipinski definition) is 2. The molecule has 0 aliphatic rings. The molecule has 7 heteroatoms. The molecule has 0 saturated heterocycles. The van der Waals surface area contributed by atoms with Crippen LogP contribution in [0.15, 0.2) is 12.7 Å². The van der Waals surface area contributed by atoms with Crippen LogP contribution < -0.4 is 0 Å². The van der Waals surface area contributed by atoms with Crippen LogP contribution in [0.25, 0.3) is 0 Å². The van der Waals surface area contributed by atoms with Crippen molar-refractivity contribution in [3.63, 3.8) is 0 Å². The highest BCUT2D eigenvalue weighted by molar-refractivity contribution is 7.72. The molecular formula is C4H10O5P2. The van der Waals surface area contributed by atoms with E-state index >= 15 is 0 Å². The molecule has 0 heterocycles. The number of hydrogen-bond donors (Lipinski definition) is 3. The van der Waals surface area contributed by atoms with Gasteiger partial charge in [-0.1, -0.05) is 6.08 Å². The molecule has 0 radical (unpaired) electrons. The van der Waals surface area contributed by atoms with E-state index in [4.69, 9.17) is 14.7 Å². The summed E-state index contributed by atoms with van der Waals surface area (Å²) in [6.45, 7) is 3.19. The second-order valence-corrected chi connectivity index (χ2v) is 6.64. The van der Waals surface area contributed by atoms with Gasteiger partial charge in [0.1, 0.15) is 5.90 Å². The zero-order chi connectivity index (χ0) is 9.12. The lowest BCUT2D eigenvalue weighted by molar-refractivity contribution is 0.376. The van der Waals surface area contributed by atoms with Gasteiger partial charge in [0.05, 0.1) is 0 Å². The normalized spacial score (nSPS) is 17.4. The fourth-order valence-corrected chi connectivity index (χ4v) is 3.72. The van der Waals surface area contributed by atoms with Crippen molar-refractivity contribution < 1.29 is 23.8 Å². The topological polar surface area (TPSA) is 94.8 Å². The van der Waals surface area contributed by atoms with Crippen molar-refractivity contribution in [1.29, 1.82) is 0 Å². The maximum Gasteiger partial charge on any atom is 0.335 e. The maximum atomic E-state index is 10.8. The number of rotatable bonds is 4. The first-order chi connectivity index (χ1) is 4.77.